The molecule has 0 unspecified atom stereocenters. The summed E-state index contributed by atoms with van der Waals surface area (Å²) in [6.07, 6.45) is 0.707. The molecule has 5 heteroatoms. The van der Waals surface area contributed by atoms with Crippen molar-refractivity contribution in [2.24, 2.45) is 0 Å². The third-order valence-electron chi connectivity index (χ3n) is 5.29. The molecule has 31 heavy (non-hydrogen) atoms. The van der Waals surface area contributed by atoms with Crippen LogP contribution in [0.1, 0.15) is 16.7 Å². The maximum Gasteiger partial charge on any atom is 0.215 e. The fourth-order valence-electron chi connectivity index (χ4n) is 3.62. The second-order valence-corrected chi connectivity index (χ2v) is 7.60. The Morgan fingerprint density at radius 1 is 0.645 bits per heavy atom. The van der Waals surface area contributed by atoms with E-state index >= 15 is 0 Å². The smallest absolute Gasteiger partial charge is 0.215 e. The topological polar surface area (TPSA) is 53.8 Å². The van der Waals surface area contributed by atoms with Crippen molar-refractivity contribution < 1.29 is 18.9 Å². The highest BCUT2D eigenvalue weighted by Gasteiger charge is 2.43. The van der Waals surface area contributed by atoms with Crippen LogP contribution >= 0.6 is 0 Å². The number of hydrogen-bond donors (Lipinski definition) is 0. The molecule has 0 aliphatic carbocycles. The summed E-state index contributed by atoms with van der Waals surface area (Å²) in [7, 11) is 0. The maximum atomic E-state index is 12.7. The molecule has 5 nitrogen and oxygen atoms in total. The molecule has 3 aromatic rings. The summed E-state index contributed by atoms with van der Waals surface area (Å²) in [6.45, 7) is 1.54. The van der Waals surface area contributed by atoms with Crippen LogP contribution in [0.2, 0.25) is 0 Å². The van der Waals surface area contributed by atoms with Crippen LogP contribution in [-0.4, -0.2) is 35.8 Å². The summed E-state index contributed by atoms with van der Waals surface area (Å²) < 4.78 is 19.1. The van der Waals surface area contributed by atoms with E-state index in [4.69, 9.17) is 14.2 Å². The highest BCUT2D eigenvalue weighted by atomic mass is 16.6. The van der Waals surface area contributed by atoms with Gasteiger partial charge in [-0.05, 0) is 16.7 Å². The molecule has 4 rings (SSSR count). The SMILES string of the molecule is [O-][N+]1=C[C@H](OCc2ccccc2)[C@H](OCc2ccccc2)[C@H]1COCc1ccccc1. The minimum atomic E-state index is -0.465. The van der Waals surface area contributed by atoms with E-state index in [9.17, 15) is 5.21 Å². The third kappa shape index (κ3) is 6.01. The fraction of sp³-hybridized carbons (Fsp3) is 0.269. The number of hydroxylamine groups is 1. The Bertz CT molecular complexity index is 947. The molecule has 0 amide bonds. The van der Waals surface area contributed by atoms with Crippen LogP contribution in [0.4, 0.5) is 0 Å². The quantitative estimate of drug-likeness (QED) is 0.364. The average Bonchev–Trinajstić information content (AvgIpc) is 3.12. The Hall–Kier alpha value is -2.99. The first-order chi connectivity index (χ1) is 15.3. The predicted octanol–water partition coefficient (Wildman–Crippen LogP) is 4.34. The number of rotatable bonds is 10. The molecule has 1 heterocycles. The van der Waals surface area contributed by atoms with Crippen molar-refractivity contribution in [2.45, 2.75) is 38.1 Å². The first-order valence-corrected chi connectivity index (χ1v) is 10.5. The molecule has 1 aliphatic heterocycles. The van der Waals surface area contributed by atoms with Gasteiger partial charge in [0.2, 0.25) is 6.04 Å². The Labute approximate surface area is 183 Å². The molecule has 3 atom stereocenters. The number of nitrogens with zero attached hydrogens (tertiary/aromatic N) is 1. The van der Waals surface area contributed by atoms with Crippen molar-refractivity contribution in [1.82, 2.24) is 0 Å². The second-order valence-electron chi connectivity index (χ2n) is 7.60. The van der Waals surface area contributed by atoms with E-state index in [1.165, 1.54) is 0 Å². The fourth-order valence-corrected chi connectivity index (χ4v) is 3.62. The lowest BCUT2D eigenvalue weighted by Gasteiger charge is -2.23. The van der Waals surface area contributed by atoms with Crippen LogP contribution in [-0.2, 0) is 34.0 Å². The van der Waals surface area contributed by atoms with Gasteiger partial charge in [0, 0.05) is 0 Å². The molecule has 0 aromatic heterocycles. The van der Waals surface area contributed by atoms with Crippen molar-refractivity contribution in [1.29, 1.82) is 0 Å². The van der Waals surface area contributed by atoms with Gasteiger partial charge in [0.25, 0.3) is 0 Å². The van der Waals surface area contributed by atoms with E-state index in [-0.39, 0.29) is 6.61 Å². The van der Waals surface area contributed by atoms with E-state index in [0.29, 0.717) is 19.8 Å². The van der Waals surface area contributed by atoms with Gasteiger partial charge in [-0.3, -0.25) is 0 Å². The Morgan fingerprint density at radius 2 is 1.13 bits per heavy atom. The van der Waals surface area contributed by atoms with Gasteiger partial charge in [-0.25, -0.2) is 4.74 Å². The van der Waals surface area contributed by atoms with Gasteiger partial charge in [-0.15, -0.1) is 0 Å². The van der Waals surface area contributed by atoms with Crippen LogP contribution in [0.15, 0.2) is 91.0 Å². The van der Waals surface area contributed by atoms with Gasteiger partial charge in [0.1, 0.15) is 6.61 Å². The largest absolute Gasteiger partial charge is 0.624 e. The molecule has 0 fully saturated rings. The lowest BCUT2D eigenvalue weighted by molar-refractivity contribution is -0.504. The van der Waals surface area contributed by atoms with Crippen molar-refractivity contribution in [3.05, 3.63) is 113 Å². The van der Waals surface area contributed by atoms with Crippen molar-refractivity contribution in [3.8, 4) is 0 Å². The van der Waals surface area contributed by atoms with Crippen LogP contribution in [0, 0.1) is 5.21 Å². The summed E-state index contributed by atoms with van der Waals surface area (Å²) >= 11 is 0. The Balaban J connectivity index is 1.40. The lowest BCUT2D eigenvalue weighted by atomic mass is 10.1. The molecular formula is C26H27NO4. The Kier molecular flexibility index (Phi) is 7.45. The second kappa shape index (κ2) is 10.9. The summed E-state index contributed by atoms with van der Waals surface area (Å²) in [4.78, 5) is 0. The first kappa shape index (κ1) is 21.2. The highest BCUT2D eigenvalue weighted by molar-refractivity contribution is 5.61. The van der Waals surface area contributed by atoms with Gasteiger partial charge >= 0.3 is 0 Å². The molecule has 0 bridgehead atoms. The van der Waals surface area contributed by atoms with Gasteiger partial charge in [-0.2, -0.15) is 0 Å². The number of ether oxygens (including phenoxy) is 3. The predicted molar refractivity (Wildman–Crippen MR) is 120 cm³/mol. The Morgan fingerprint density at radius 3 is 1.68 bits per heavy atom. The summed E-state index contributed by atoms with van der Waals surface area (Å²) in [6, 6.07) is 29.3. The third-order valence-corrected chi connectivity index (χ3v) is 5.29. The van der Waals surface area contributed by atoms with Gasteiger partial charge in [-0.1, -0.05) is 91.0 Å². The van der Waals surface area contributed by atoms with E-state index in [2.05, 4.69) is 0 Å². The van der Waals surface area contributed by atoms with Crippen LogP contribution < -0.4 is 0 Å². The highest BCUT2D eigenvalue weighted by Crippen LogP contribution is 2.21. The van der Waals surface area contributed by atoms with Crippen LogP contribution in [0.3, 0.4) is 0 Å². The minimum absolute atomic E-state index is 0.263. The van der Waals surface area contributed by atoms with Gasteiger partial charge in [0.15, 0.2) is 18.4 Å². The molecule has 0 N–H and O–H groups in total. The molecule has 1 aliphatic rings. The number of hydrogen-bond acceptors (Lipinski definition) is 4. The van der Waals surface area contributed by atoms with E-state index in [1.54, 1.807) is 6.21 Å². The van der Waals surface area contributed by atoms with E-state index in [1.807, 2.05) is 91.0 Å². The maximum absolute atomic E-state index is 12.7. The molecule has 160 valence electrons. The average molecular weight is 418 g/mol. The van der Waals surface area contributed by atoms with Crippen molar-refractivity contribution >= 4 is 6.21 Å². The zero-order chi connectivity index (χ0) is 21.3. The monoisotopic (exact) mass is 417 g/mol. The molecule has 0 saturated carbocycles. The van der Waals surface area contributed by atoms with Crippen LogP contribution in [0.25, 0.3) is 0 Å². The lowest BCUT2D eigenvalue weighted by Crippen LogP contribution is -2.41. The van der Waals surface area contributed by atoms with Gasteiger partial charge in [0.05, 0.1) is 19.8 Å². The molecule has 0 saturated heterocycles. The summed E-state index contributed by atoms with van der Waals surface area (Å²) in [5.41, 5.74) is 3.18. The summed E-state index contributed by atoms with van der Waals surface area (Å²) in [5.74, 6) is 0. The van der Waals surface area contributed by atoms with Crippen LogP contribution in [0.5, 0.6) is 0 Å². The van der Waals surface area contributed by atoms with Gasteiger partial charge < -0.3 is 19.4 Å². The summed E-state index contributed by atoms with van der Waals surface area (Å²) in [5, 5.41) is 12.7. The molecular weight excluding hydrogens is 390 g/mol. The molecule has 0 spiro atoms. The normalized spacial score (nSPS) is 20.5. The molecule has 3 aromatic carbocycles. The van der Waals surface area contributed by atoms with Crippen molar-refractivity contribution in [3.63, 3.8) is 0 Å². The number of benzene rings is 3. The van der Waals surface area contributed by atoms with E-state index in [0.717, 1.165) is 21.4 Å². The minimum Gasteiger partial charge on any atom is -0.624 e. The van der Waals surface area contributed by atoms with E-state index < -0.39 is 18.2 Å². The van der Waals surface area contributed by atoms with Crippen molar-refractivity contribution in [2.75, 3.05) is 6.61 Å². The standard InChI is InChI=1S/C26H27NO4/c28-27-16-25(30-18-22-12-6-2-7-13-22)26(31-19-23-14-8-3-9-15-23)24(27)20-29-17-21-10-4-1-5-11-21/h1-16,24-26H,17-20H2/t24-,25+,26-/m1/s1. The zero-order valence-electron chi connectivity index (χ0n) is 17.4. The zero-order valence-corrected chi connectivity index (χ0v) is 17.4. The first-order valence-electron chi connectivity index (χ1n) is 10.5. The molecule has 0 radical (unpaired) electrons.